The third-order valence-corrected chi connectivity index (χ3v) is 3.51. The van der Waals surface area contributed by atoms with Gasteiger partial charge in [0.25, 0.3) is 0 Å². The molecule has 0 amide bonds. The van der Waals surface area contributed by atoms with Crippen molar-refractivity contribution in [2.45, 2.75) is 45.2 Å². The highest BCUT2D eigenvalue weighted by atomic mass is 16.5. The van der Waals surface area contributed by atoms with Crippen LogP contribution in [0, 0.1) is 6.92 Å². The van der Waals surface area contributed by atoms with E-state index in [0.717, 1.165) is 13.0 Å². The number of carbonyl (C=O) groups is 1. The van der Waals surface area contributed by atoms with Gasteiger partial charge in [-0.3, -0.25) is 9.69 Å². The molecule has 94 valence electrons. The zero-order valence-electron chi connectivity index (χ0n) is 10.1. The van der Waals surface area contributed by atoms with Gasteiger partial charge in [-0.2, -0.15) is 4.98 Å². The van der Waals surface area contributed by atoms with Gasteiger partial charge in [-0.05, 0) is 25.8 Å². The molecule has 0 spiro atoms. The van der Waals surface area contributed by atoms with Gasteiger partial charge in [-0.1, -0.05) is 12.1 Å². The van der Waals surface area contributed by atoms with Crippen molar-refractivity contribution in [1.82, 2.24) is 15.0 Å². The normalized spacial score (nSPS) is 25.3. The van der Waals surface area contributed by atoms with E-state index in [9.17, 15) is 9.90 Å². The van der Waals surface area contributed by atoms with Crippen molar-refractivity contribution < 1.29 is 14.4 Å². The Balaban J connectivity index is 2.17. The van der Waals surface area contributed by atoms with Crippen LogP contribution in [0.2, 0.25) is 0 Å². The average molecular weight is 239 g/mol. The van der Waals surface area contributed by atoms with Gasteiger partial charge >= 0.3 is 5.97 Å². The van der Waals surface area contributed by atoms with Crippen molar-refractivity contribution in [3.63, 3.8) is 0 Å². The summed E-state index contributed by atoms with van der Waals surface area (Å²) in [6.45, 7) is 4.85. The molecular formula is C11H17N3O3. The summed E-state index contributed by atoms with van der Waals surface area (Å²) in [6, 6.07) is 0. The molecule has 1 unspecified atom stereocenters. The van der Waals surface area contributed by atoms with Crippen molar-refractivity contribution in [3.8, 4) is 0 Å². The lowest BCUT2D eigenvalue weighted by Gasteiger charge is -2.32. The van der Waals surface area contributed by atoms with Crippen molar-refractivity contribution in [2.24, 2.45) is 0 Å². The number of rotatable bonds is 4. The minimum atomic E-state index is -0.755. The van der Waals surface area contributed by atoms with Crippen LogP contribution in [0.4, 0.5) is 0 Å². The van der Waals surface area contributed by atoms with Crippen molar-refractivity contribution in [2.75, 3.05) is 6.54 Å². The number of aryl methyl sites for hydroxylation is 1. The zero-order chi connectivity index (χ0) is 12.5. The Morgan fingerprint density at radius 1 is 1.65 bits per heavy atom. The second kappa shape index (κ2) is 4.44. The molecule has 1 aromatic heterocycles. The van der Waals surface area contributed by atoms with E-state index in [1.54, 1.807) is 6.92 Å². The molecule has 6 nitrogen and oxygen atoms in total. The lowest BCUT2D eigenvalue weighted by atomic mass is 9.93. The maximum atomic E-state index is 11.5. The molecule has 1 aromatic rings. The molecule has 1 atom stereocenters. The summed E-state index contributed by atoms with van der Waals surface area (Å²) in [4.78, 5) is 17.5. The van der Waals surface area contributed by atoms with Crippen LogP contribution in [0.25, 0.3) is 0 Å². The molecule has 1 saturated heterocycles. The fourth-order valence-electron chi connectivity index (χ4n) is 2.53. The van der Waals surface area contributed by atoms with Crippen LogP contribution in [0.5, 0.6) is 0 Å². The van der Waals surface area contributed by atoms with Gasteiger partial charge in [0.05, 0.1) is 6.54 Å². The average Bonchev–Trinajstić information content (AvgIpc) is 2.86. The van der Waals surface area contributed by atoms with Crippen LogP contribution in [0.1, 0.15) is 37.9 Å². The predicted molar refractivity (Wildman–Crippen MR) is 59.3 cm³/mol. The fourth-order valence-corrected chi connectivity index (χ4v) is 2.53. The van der Waals surface area contributed by atoms with Gasteiger partial charge in [0, 0.05) is 6.92 Å². The molecule has 1 aliphatic rings. The van der Waals surface area contributed by atoms with Gasteiger partial charge in [0.1, 0.15) is 5.54 Å². The zero-order valence-corrected chi connectivity index (χ0v) is 10.1. The van der Waals surface area contributed by atoms with E-state index in [-0.39, 0.29) is 0 Å². The third kappa shape index (κ3) is 2.04. The number of carboxylic acids is 1. The summed E-state index contributed by atoms with van der Waals surface area (Å²) >= 11 is 0. The largest absolute Gasteiger partial charge is 0.480 e. The van der Waals surface area contributed by atoms with Crippen molar-refractivity contribution in [3.05, 3.63) is 11.7 Å². The van der Waals surface area contributed by atoms with Gasteiger partial charge in [-0.15, -0.1) is 0 Å². The Bertz CT molecular complexity index is 418. The van der Waals surface area contributed by atoms with Crippen LogP contribution in [-0.4, -0.2) is 38.2 Å². The minimum Gasteiger partial charge on any atom is -0.480 e. The predicted octanol–water partition coefficient (Wildman–Crippen LogP) is 1.21. The monoisotopic (exact) mass is 239 g/mol. The van der Waals surface area contributed by atoms with E-state index in [4.69, 9.17) is 4.52 Å². The molecule has 0 radical (unpaired) electrons. The molecule has 17 heavy (non-hydrogen) atoms. The van der Waals surface area contributed by atoms with Gasteiger partial charge in [0.15, 0.2) is 5.82 Å². The van der Waals surface area contributed by atoms with E-state index in [1.165, 1.54) is 0 Å². The van der Waals surface area contributed by atoms with Crippen LogP contribution < -0.4 is 0 Å². The summed E-state index contributed by atoms with van der Waals surface area (Å²) in [7, 11) is 0. The Morgan fingerprint density at radius 2 is 2.41 bits per heavy atom. The molecule has 0 aromatic carbocycles. The first kappa shape index (κ1) is 12.0. The molecule has 0 bridgehead atoms. The van der Waals surface area contributed by atoms with Crippen molar-refractivity contribution >= 4 is 5.97 Å². The molecule has 0 aliphatic carbocycles. The molecule has 0 saturated carbocycles. The number of aromatic nitrogens is 2. The SMILES string of the molecule is CCC1(C(=O)O)CCCN1Cc1noc(C)n1. The number of nitrogens with zero attached hydrogens (tertiary/aromatic N) is 3. The second-order valence-electron chi connectivity index (χ2n) is 4.45. The lowest BCUT2D eigenvalue weighted by Crippen LogP contribution is -2.49. The number of hydrogen-bond donors (Lipinski definition) is 1. The van der Waals surface area contributed by atoms with E-state index < -0.39 is 11.5 Å². The Hall–Kier alpha value is -1.43. The second-order valence-corrected chi connectivity index (χ2v) is 4.45. The topological polar surface area (TPSA) is 79.5 Å². The third-order valence-electron chi connectivity index (χ3n) is 3.51. The summed E-state index contributed by atoms with van der Waals surface area (Å²) in [5, 5.41) is 13.2. The molecule has 1 aliphatic heterocycles. The number of carboxylic acid groups (broad SMARTS) is 1. The number of aliphatic carboxylic acids is 1. The van der Waals surface area contributed by atoms with Crippen LogP contribution in [0.15, 0.2) is 4.52 Å². The first-order chi connectivity index (χ1) is 8.08. The van der Waals surface area contributed by atoms with Gasteiger partial charge in [0.2, 0.25) is 5.89 Å². The molecule has 2 rings (SSSR count). The lowest BCUT2D eigenvalue weighted by molar-refractivity contribution is -0.150. The fraction of sp³-hybridized carbons (Fsp3) is 0.727. The Kier molecular flexibility index (Phi) is 3.15. The van der Waals surface area contributed by atoms with Crippen LogP contribution in [0.3, 0.4) is 0 Å². The standard InChI is InChI=1S/C11H17N3O3/c1-3-11(10(15)16)5-4-6-14(11)7-9-12-8(2)17-13-9/h3-7H2,1-2H3,(H,15,16). The van der Waals surface area contributed by atoms with Gasteiger partial charge in [-0.25, -0.2) is 0 Å². The number of hydrogen-bond acceptors (Lipinski definition) is 5. The quantitative estimate of drug-likeness (QED) is 0.850. The van der Waals surface area contributed by atoms with E-state index in [1.807, 2.05) is 11.8 Å². The van der Waals surface area contributed by atoms with Gasteiger partial charge < -0.3 is 9.63 Å². The minimum absolute atomic E-state index is 0.442. The Labute approximate surface area is 99.6 Å². The van der Waals surface area contributed by atoms with E-state index in [2.05, 4.69) is 10.1 Å². The van der Waals surface area contributed by atoms with E-state index >= 15 is 0 Å². The molecular weight excluding hydrogens is 222 g/mol. The van der Waals surface area contributed by atoms with Crippen LogP contribution >= 0.6 is 0 Å². The van der Waals surface area contributed by atoms with Crippen LogP contribution in [-0.2, 0) is 11.3 Å². The molecule has 6 heteroatoms. The first-order valence-electron chi connectivity index (χ1n) is 5.86. The summed E-state index contributed by atoms with van der Waals surface area (Å²) in [5.74, 6) is 0.317. The molecule has 2 heterocycles. The first-order valence-corrected chi connectivity index (χ1v) is 5.86. The maximum Gasteiger partial charge on any atom is 0.324 e. The highest BCUT2D eigenvalue weighted by Gasteiger charge is 2.46. The van der Waals surface area contributed by atoms with E-state index in [0.29, 0.717) is 31.1 Å². The summed E-state index contributed by atoms with van der Waals surface area (Å²) < 4.78 is 4.90. The summed E-state index contributed by atoms with van der Waals surface area (Å²) in [6.07, 6.45) is 2.19. The number of likely N-dealkylation sites (tertiary alicyclic amines) is 1. The highest BCUT2D eigenvalue weighted by molar-refractivity contribution is 5.79. The summed E-state index contributed by atoms with van der Waals surface area (Å²) in [5.41, 5.74) is -0.755. The van der Waals surface area contributed by atoms with Crippen molar-refractivity contribution in [1.29, 1.82) is 0 Å². The molecule has 1 N–H and O–H groups in total. The Morgan fingerprint density at radius 3 is 2.94 bits per heavy atom. The smallest absolute Gasteiger partial charge is 0.324 e. The molecule has 1 fully saturated rings. The highest BCUT2D eigenvalue weighted by Crippen LogP contribution is 2.33. The maximum absolute atomic E-state index is 11.5.